The van der Waals surface area contributed by atoms with Crippen LogP contribution in [-0.4, -0.2) is 0 Å². The second-order valence-corrected chi connectivity index (χ2v) is 4.33. The minimum Gasteiger partial charge on any atom is -0.205 e. The van der Waals surface area contributed by atoms with Crippen molar-refractivity contribution in [3.63, 3.8) is 0 Å². The Bertz CT molecular complexity index is 273. The van der Waals surface area contributed by atoms with Crippen molar-refractivity contribution < 1.29 is 4.39 Å². The summed E-state index contributed by atoms with van der Waals surface area (Å²) in [5, 5.41) is 0.525. The van der Waals surface area contributed by atoms with Crippen molar-refractivity contribution in [1.82, 2.24) is 0 Å². The van der Waals surface area contributed by atoms with Crippen LogP contribution in [0, 0.1) is 5.82 Å². The molecule has 1 aromatic carbocycles. The third-order valence-corrected chi connectivity index (χ3v) is 2.85. The average molecular weight is 347 g/mol. The molecule has 0 amide bonds. The molecule has 0 spiro atoms. The zero-order valence-corrected chi connectivity index (χ0v) is 10.1. The van der Waals surface area contributed by atoms with E-state index in [4.69, 9.17) is 0 Å². The topological polar surface area (TPSA) is 0 Å². The van der Waals surface area contributed by atoms with E-state index in [9.17, 15) is 4.39 Å². The van der Waals surface area contributed by atoms with Crippen LogP contribution in [0.15, 0.2) is 21.1 Å². The van der Waals surface area contributed by atoms with Crippen molar-refractivity contribution >= 4 is 47.8 Å². The van der Waals surface area contributed by atoms with E-state index in [0.717, 1.165) is 4.47 Å². The molecule has 11 heavy (non-hydrogen) atoms. The number of halogens is 4. The molecule has 1 rings (SSSR count). The zero-order chi connectivity index (χ0) is 8.43. The Morgan fingerprint density at radius 2 is 1.91 bits per heavy atom. The summed E-state index contributed by atoms with van der Waals surface area (Å²) in [6.45, 7) is 0. The zero-order valence-electron chi connectivity index (χ0n) is 5.37. The molecular weight excluding hydrogens is 343 g/mol. The van der Waals surface area contributed by atoms with E-state index in [1.54, 1.807) is 12.1 Å². The first-order valence-corrected chi connectivity index (χ1v) is 5.55. The minimum atomic E-state index is -0.204. The van der Waals surface area contributed by atoms with Crippen molar-refractivity contribution in [1.29, 1.82) is 0 Å². The Labute approximate surface area is 89.6 Å². The molecule has 60 valence electrons. The summed E-state index contributed by atoms with van der Waals surface area (Å²) in [5.41, 5.74) is 0.645. The molecular formula is C7H4Br3F. The van der Waals surface area contributed by atoms with Crippen molar-refractivity contribution in [2.45, 2.75) is 5.33 Å². The highest BCUT2D eigenvalue weighted by Gasteiger charge is 2.05. The van der Waals surface area contributed by atoms with Gasteiger partial charge in [0, 0.05) is 15.4 Å². The molecule has 0 radical (unpaired) electrons. The van der Waals surface area contributed by atoms with Gasteiger partial charge in [-0.1, -0.05) is 31.9 Å². The molecule has 0 fully saturated rings. The Morgan fingerprint density at radius 1 is 1.27 bits per heavy atom. The van der Waals surface area contributed by atoms with Gasteiger partial charge in [0.25, 0.3) is 0 Å². The molecule has 0 N–H and O–H groups in total. The van der Waals surface area contributed by atoms with Gasteiger partial charge in [0.1, 0.15) is 5.82 Å². The predicted molar refractivity (Wildman–Crippen MR) is 54.4 cm³/mol. The van der Waals surface area contributed by atoms with E-state index >= 15 is 0 Å². The van der Waals surface area contributed by atoms with Gasteiger partial charge in [-0.2, -0.15) is 0 Å². The average Bonchev–Trinajstić information content (AvgIpc) is 1.96. The molecule has 4 heteroatoms. The Morgan fingerprint density at radius 3 is 2.45 bits per heavy atom. The Balaban J connectivity index is 3.24. The number of rotatable bonds is 1. The lowest BCUT2D eigenvalue weighted by Crippen LogP contribution is -1.86. The van der Waals surface area contributed by atoms with Crippen LogP contribution in [0.4, 0.5) is 4.39 Å². The summed E-state index contributed by atoms with van der Waals surface area (Å²) in [6.07, 6.45) is 0. The molecule has 0 bridgehead atoms. The molecule has 0 aliphatic carbocycles. The van der Waals surface area contributed by atoms with Crippen molar-refractivity contribution in [3.05, 3.63) is 32.5 Å². The van der Waals surface area contributed by atoms with Crippen LogP contribution < -0.4 is 0 Å². The fourth-order valence-corrected chi connectivity index (χ4v) is 2.43. The third kappa shape index (κ3) is 2.26. The SMILES string of the molecule is Fc1c(Br)cc(Br)cc1CBr. The fraction of sp³-hybridized carbons (Fsp3) is 0.143. The summed E-state index contributed by atoms with van der Waals surface area (Å²) < 4.78 is 14.4. The molecule has 0 aliphatic heterocycles. The summed E-state index contributed by atoms with van der Waals surface area (Å²) in [4.78, 5) is 0. The lowest BCUT2D eigenvalue weighted by molar-refractivity contribution is 0.610. The third-order valence-electron chi connectivity index (χ3n) is 1.21. The molecule has 1 aromatic rings. The Hall–Kier alpha value is 0.590. The Kier molecular flexibility index (Phi) is 3.52. The van der Waals surface area contributed by atoms with E-state index < -0.39 is 0 Å². The van der Waals surface area contributed by atoms with Crippen molar-refractivity contribution in [3.8, 4) is 0 Å². The monoisotopic (exact) mass is 344 g/mol. The highest BCUT2D eigenvalue weighted by molar-refractivity contribution is 9.11. The first-order chi connectivity index (χ1) is 5.15. The van der Waals surface area contributed by atoms with Gasteiger partial charge in [0.15, 0.2) is 0 Å². The van der Waals surface area contributed by atoms with Gasteiger partial charge in [-0.3, -0.25) is 0 Å². The van der Waals surface area contributed by atoms with Gasteiger partial charge >= 0.3 is 0 Å². The highest BCUT2D eigenvalue weighted by atomic mass is 79.9. The predicted octanol–water partition coefficient (Wildman–Crippen LogP) is 4.25. The normalized spacial score (nSPS) is 10.2. The number of hydrogen-bond acceptors (Lipinski definition) is 0. The molecule has 0 nitrogen and oxygen atoms in total. The maximum atomic E-state index is 13.1. The molecule has 0 aromatic heterocycles. The number of benzene rings is 1. The van der Waals surface area contributed by atoms with Crippen LogP contribution in [0.2, 0.25) is 0 Å². The summed E-state index contributed by atoms with van der Waals surface area (Å²) in [6, 6.07) is 3.43. The van der Waals surface area contributed by atoms with Gasteiger partial charge in [-0.15, -0.1) is 0 Å². The van der Waals surface area contributed by atoms with Crippen molar-refractivity contribution in [2.24, 2.45) is 0 Å². The van der Waals surface area contributed by atoms with Crippen molar-refractivity contribution in [2.75, 3.05) is 0 Å². The van der Waals surface area contributed by atoms with Crippen LogP contribution in [0.1, 0.15) is 5.56 Å². The second kappa shape index (κ2) is 4.01. The number of hydrogen-bond donors (Lipinski definition) is 0. The van der Waals surface area contributed by atoms with E-state index in [2.05, 4.69) is 47.8 Å². The van der Waals surface area contributed by atoms with Gasteiger partial charge in [0.2, 0.25) is 0 Å². The molecule has 0 saturated heterocycles. The molecule has 0 heterocycles. The molecule has 0 saturated carbocycles. The first-order valence-electron chi connectivity index (χ1n) is 2.84. The fourth-order valence-electron chi connectivity index (χ4n) is 0.707. The second-order valence-electron chi connectivity index (χ2n) is 1.99. The lowest BCUT2D eigenvalue weighted by Gasteiger charge is -2.01. The van der Waals surface area contributed by atoms with Gasteiger partial charge in [-0.05, 0) is 28.1 Å². The van der Waals surface area contributed by atoms with E-state index in [1.165, 1.54) is 0 Å². The van der Waals surface area contributed by atoms with Gasteiger partial charge in [-0.25, -0.2) is 4.39 Å². The van der Waals surface area contributed by atoms with E-state index in [0.29, 0.717) is 15.4 Å². The summed E-state index contributed by atoms with van der Waals surface area (Å²) in [7, 11) is 0. The van der Waals surface area contributed by atoms with Crippen LogP contribution in [0.25, 0.3) is 0 Å². The largest absolute Gasteiger partial charge is 0.205 e. The standard InChI is InChI=1S/C7H4Br3F/c8-3-4-1-5(9)2-6(10)7(4)11/h1-2H,3H2. The molecule has 0 aliphatic rings. The van der Waals surface area contributed by atoms with Crippen LogP contribution in [-0.2, 0) is 5.33 Å². The van der Waals surface area contributed by atoms with Crippen LogP contribution in [0.3, 0.4) is 0 Å². The molecule has 0 unspecified atom stereocenters. The maximum Gasteiger partial charge on any atom is 0.141 e. The highest BCUT2D eigenvalue weighted by Crippen LogP contribution is 2.25. The first kappa shape index (κ1) is 9.68. The van der Waals surface area contributed by atoms with Gasteiger partial charge < -0.3 is 0 Å². The maximum absolute atomic E-state index is 13.1. The molecule has 0 atom stereocenters. The minimum absolute atomic E-state index is 0.204. The summed E-state index contributed by atoms with van der Waals surface area (Å²) in [5.74, 6) is -0.204. The van der Waals surface area contributed by atoms with E-state index in [1.807, 2.05) is 0 Å². The smallest absolute Gasteiger partial charge is 0.141 e. The van der Waals surface area contributed by atoms with E-state index in [-0.39, 0.29) is 5.82 Å². The van der Waals surface area contributed by atoms with Crippen LogP contribution >= 0.6 is 47.8 Å². The quantitative estimate of drug-likeness (QED) is 0.527. The number of alkyl halides is 1. The van der Waals surface area contributed by atoms with Crippen LogP contribution in [0.5, 0.6) is 0 Å². The summed E-state index contributed by atoms with van der Waals surface area (Å²) >= 11 is 9.58. The lowest BCUT2D eigenvalue weighted by atomic mass is 10.2. The van der Waals surface area contributed by atoms with Gasteiger partial charge in [0.05, 0.1) is 4.47 Å².